The summed E-state index contributed by atoms with van der Waals surface area (Å²) < 4.78 is 8.40. The Labute approximate surface area is 107 Å². The van der Waals surface area contributed by atoms with E-state index in [2.05, 4.69) is 8.75 Å². The molecule has 5 heteroatoms. The van der Waals surface area contributed by atoms with Gasteiger partial charge in [0.15, 0.2) is 0 Å². The molecule has 0 saturated carbocycles. The van der Waals surface area contributed by atoms with Crippen LogP contribution in [0.25, 0.3) is 22.2 Å². The third-order valence-electron chi connectivity index (χ3n) is 2.73. The fourth-order valence-corrected chi connectivity index (χ4v) is 2.48. The van der Waals surface area contributed by atoms with E-state index in [0.717, 1.165) is 28.3 Å². The van der Waals surface area contributed by atoms with Crippen LogP contribution in [0.15, 0.2) is 42.5 Å². The molecule has 0 atom stereocenters. The number of fused-ring (bicyclic) bond motifs is 1. The van der Waals surface area contributed by atoms with Gasteiger partial charge in [-0.15, -0.1) is 0 Å². The summed E-state index contributed by atoms with van der Waals surface area (Å²) in [6.07, 6.45) is 0. The summed E-state index contributed by atoms with van der Waals surface area (Å²) in [4.78, 5) is 11.2. The second-order valence-electron chi connectivity index (χ2n) is 3.79. The monoisotopic (exact) mass is 256 g/mol. The van der Waals surface area contributed by atoms with Crippen molar-refractivity contribution >= 4 is 28.7 Å². The maximum atomic E-state index is 11.2. The predicted octanol–water partition coefficient (Wildman–Crippen LogP) is 3.06. The zero-order valence-corrected chi connectivity index (χ0v) is 10.0. The highest BCUT2D eigenvalue weighted by atomic mass is 32.1. The van der Waals surface area contributed by atoms with Gasteiger partial charge in [0.2, 0.25) is 0 Å². The molecule has 0 aliphatic rings. The minimum absolute atomic E-state index is 0.276. The van der Waals surface area contributed by atoms with Crippen LogP contribution in [0.2, 0.25) is 0 Å². The Balaban J connectivity index is 2.33. The topological polar surface area (TPSA) is 63.1 Å². The number of hydrogen-bond donors (Lipinski definition) is 1. The van der Waals surface area contributed by atoms with Gasteiger partial charge in [-0.3, -0.25) is 0 Å². The first-order chi connectivity index (χ1) is 8.77. The van der Waals surface area contributed by atoms with Crippen molar-refractivity contribution in [3.63, 3.8) is 0 Å². The van der Waals surface area contributed by atoms with Gasteiger partial charge in [0.05, 0.1) is 17.3 Å². The predicted molar refractivity (Wildman–Crippen MR) is 69.8 cm³/mol. The SMILES string of the molecule is O=C(O)c1ccccc1-c1cccc2nsnc12. The van der Waals surface area contributed by atoms with E-state index < -0.39 is 5.97 Å². The summed E-state index contributed by atoms with van der Waals surface area (Å²) in [5.74, 6) is -0.939. The maximum absolute atomic E-state index is 11.2. The molecule has 1 heterocycles. The van der Waals surface area contributed by atoms with Crippen LogP contribution in [0.1, 0.15) is 10.4 Å². The molecule has 0 amide bonds. The largest absolute Gasteiger partial charge is 0.478 e. The van der Waals surface area contributed by atoms with Crippen LogP contribution in [0.5, 0.6) is 0 Å². The van der Waals surface area contributed by atoms with Crippen molar-refractivity contribution in [2.75, 3.05) is 0 Å². The van der Waals surface area contributed by atoms with Gasteiger partial charge in [-0.2, -0.15) is 8.75 Å². The summed E-state index contributed by atoms with van der Waals surface area (Å²) in [6, 6.07) is 12.5. The zero-order chi connectivity index (χ0) is 12.5. The first-order valence-corrected chi connectivity index (χ1v) is 6.04. The average molecular weight is 256 g/mol. The second kappa shape index (κ2) is 4.19. The number of nitrogens with zero attached hydrogens (tertiary/aromatic N) is 2. The van der Waals surface area contributed by atoms with E-state index in [1.54, 1.807) is 18.2 Å². The van der Waals surface area contributed by atoms with E-state index in [-0.39, 0.29) is 5.56 Å². The molecular formula is C13H8N2O2S. The van der Waals surface area contributed by atoms with Crippen LogP contribution in [0.3, 0.4) is 0 Å². The van der Waals surface area contributed by atoms with Crippen molar-refractivity contribution in [2.24, 2.45) is 0 Å². The molecule has 0 unspecified atom stereocenters. The number of aromatic carboxylic acids is 1. The van der Waals surface area contributed by atoms with Crippen LogP contribution >= 0.6 is 11.7 Å². The van der Waals surface area contributed by atoms with Crippen molar-refractivity contribution in [3.8, 4) is 11.1 Å². The van der Waals surface area contributed by atoms with Gasteiger partial charge >= 0.3 is 5.97 Å². The summed E-state index contributed by atoms with van der Waals surface area (Å²) in [5.41, 5.74) is 3.29. The van der Waals surface area contributed by atoms with E-state index in [1.807, 2.05) is 24.3 Å². The van der Waals surface area contributed by atoms with Crippen molar-refractivity contribution in [1.29, 1.82) is 0 Å². The minimum atomic E-state index is -0.939. The third kappa shape index (κ3) is 1.65. The molecule has 0 saturated heterocycles. The quantitative estimate of drug-likeness (QED) is 0.765. The Hall–Kier alpha value is -2.27. The van der Waals surface area contributed by atoms with Crippen LogP contribution in [0.4, 0.5) is 0 Å². The Morgan fingerprint density at radius 1 is 1.00 bits per heavy atom. The van der Waals surface area contributed by atoms with Crippen LogP contribution < -0.4 is 0 Å². The Kier molecular flexibility index (Phi) is 2.53. The molecule has 3 aromatic rings. The number of benzene rings is 2. The van der Waals surface area contributed by atoms with Gasteiger partial charge in [0, 0.05) is 5.56 Å². The second-order valence-corrected chi connectivity index (χ2v) is 4.32. The molecule has 3 rings (SSSR count). The summed E-state index contributed by atoms with van der Waals surface area (Å²) in [6.45, 7) is 0. The summed E-state index contributed by atoms with van der Waals surface area (Å²) in [5, 5.41) is 9.22. The summed E-state index contributed by atoms with van der Waals surface area (Å²) >= 11 is 1.13. The molecule has 88 valence electrons. The molecule has 0 radical (unpaired) electrons. The lowest BCUT2D eigenvalue weighted by atomic mass is 9.98. The van der Waals surface area contributed by atoms with Crippen LogP contribution in [0, 0.1) is 0 Å². The third-order valence-corrected chi connectivity index (χ3v) is 3.28. The van der Waals surface area contributed by atoms with E-state index in [0.29, 0.717) is 5.56 Å². The standard InChI is InChI=1S/C13H8N2O2S/c16-13(17)10-5-2-1-4-8(10)9-6-3-7-11-12(9)15-18-14-11/h1-7H,(H,16,17). The van der Waals surface area contributed by atoms with Gasteiger partial charge in [0.1, 0.15) is 11.0 Å². The Morgan fingerprint density at radius 2 is 1.78 bits per heavy atom. The van der Waals surface area contributed by atoms with E-state index in [9.17, 15) is 9.90 Å². The lowest BCUT2D eigenvalue weighted by molar-refractivity contribution is 0.0698. The molecule has 0 fully saturated rings. The van der Waals surface area contributed by atoms with Crippen molar-refractivity contribution in [2.45, 2.75) is 0 Å². The fraction of sp³-hybridized carbons (Fsp3) is 0. The molecule has 18 heavy (non-hydrogen) atoms. The zero-order valence-electron chi connectivity index (χ0n) is 9.20. The maximum Gasteiger partial charge on any atom is 0.336 e. The first kappa shape index (κ1) is 10.9. The average Bonchev–Trinajstić information content (AvgIpc) is 2.86. The van der Waals surface area contributed by atoms with Gasteiger partial charge in [0.25, 0.3) is 0 Å². The molecule has 4 nitrogen and oxygen atoms in total. The fourth-order valence-electron chi connectivity index (χ4n) is 1.93. The van der Waals surface area contributed by atoms with Crippen molar-refractivity contribution < 1.29 is 9.90 Å². The molecule has 0 spiro atoms. The number of carbonyl (C=O) groups is 1. The lowest BCUT2D eigenvalue weighted by Gasteiger charge is -2.06. The van der Waals surface area contributed by atoms with E-state index in [4.69, 9.17) is 0 Å². The molecule has 1 aromatic heterocycles. The van der Waals surface area contributed by atoms with Crippen molar-refractivity contribution in [1.82, 2.24) is 8.75 Å². The number of rotatable bonds is 2. The van der Waals surface area contributed by atoms with Gasteiger partial charge in [-0.1, -0.05) is 30.3 Å². The number of hydrogen-bond acceptors (Lipinski definition) is 4. The number of aromatic nitrogens is 2. The van der Waals surface area contributed by atoms with Gasteiger partial charge < -0.3 is 5.11 Å². The van der Waals surface area contributed by atoms with E-state index in [1.165, 1.54) is 0 Å². The van der Waals surface area contributed by atoms with E-state index >= 15 is 0 Å². The first-order valence-electron chi connectivity index (χ1n) is 5.31. The molecule has 0 bridgehead atoms. The summed E-state index contributed by atoms with van der Waals surface area (Å²) in [7, 11) is 0. The Bertz CT molecular complexity index is 736. The van der Waals surface area contributed by atoms with Gasteiger partial charge in [-0.25, -0.2) is 4.79 Å². The smallest absolute Gasteiger partial charge is 0.336 e. The number of carboxylic acid groups (broad SMARTS) is 1. The number of carboxylic acids is 1. The minimum Gasteiger partial charge on any atom is -0.478 e. The highest BCUT2D eigenvalue weighted by Crippen LogP contribution is 2.29. The van der Waals surface area contributed by atoms with Crippen molar-refractivity contribution in [3.05, 3.63) is 48.0 Å². The lowest BCUT2D eigenvalue weighted by Crippen LogP contribution is -1.99. The normalized spacial score (nSPS) is 10.7. The molecule has 0 aliphatic heterocycles. The molecule has 0 aliphatic carbocycles. The molecule has 2 aromatic carbocycles. The molecular weight excluding hydrogens is 248 g/mol. The molecule has 1 N–H and O–H groups in total. The highest BCUT2D eigenvalue weighted by molar-refractivity contribution is 7.00. The Morgan fingerprint density at radius 3 is 2.61 bits per heavy atom. The van der Waals surface area contributed by atoms with Crippen LogP contribution in [-0.4, -0.2) is 19.8 Å². The van der Waals surface area contributed by atoms with Gasteiger partial charge in [-0.05, 0) is 17.7 Å². The van der Waals surface area contributed by atoms with Crippen LogP contribution in [-0.2, 0) is 0 Å². The highest BCUT2D eigenvalue weighted by Gasteiger charge is 2.14.